The Morgan fingerprint density at radius 3 is 2.64 bits per heavy atom. The Bertz CT molecular complexity index is 670. The second-order valence-electron chi connectivity index (χ2n) is 4.66. The summed E-state index contributed by atoms with van der Waals surface area (Å²) in [6.45, 7) is 2.18. The quantitative estimate of drug-likeness (QED) is 0.849. The van der Waals surface area contributed by atoms with Gasteiger partial charge in [0.25, 0.3) is 5.91 Å². The van der Waals surface area contributed by atoms with Crippen LogP contribution in [0.2, 0.25) is 5.02 Å². The minimum Gasteiger partial charge on any atom is -0.489 e. The van der Waals surface area contributed by atoms with Crippen LogP contribution >= 0.6 is 22.9 Å². The molecule has 2 rings (SSSR count). The molecule has 0 aliphatic carbocycles. The van der Waals surface area contributed by atoms with Gasteiger partial charge in [0, 0.05) is 10.4 Å². The zero-order valence-corrected chi connectivity index (χ0v) is 13.4. The Kier molecular flexibility index (Phi) is 5.41. The number of hydrogen-bond acceptors (Lipinski definition) is 4. The summed E-state index contributed by atoms with van der Waals surface area (Å²) >= 11 is 6.97. The van der Waals surface area contributed by atoms with Crippen molar-refractivity contribution in [3.8, 4) is 5.75 Å². The summed E-state index contributed by atoms with van der Waals surface area (Å²) in [5.74, 6) is -0.128. The van der Waals surface area contributed by atoms with Crippen LogP contribution in [-0.2, 0) is 0 Å². The number of rotatable bonds is 6. The molecule has 0 saturated carbocycles. The third kappa shape index (κ3) is 4.47. The Hall–Kier alpha value is -2.05. The van der Waals surface area contributed by atoms with E-state index in [9.17, 15) is 9.59 Å². The third-order valence-corrected chi connectivity index (χ3v) is 3.99. The van der Waals surface area contributed by atoms with Crippen LogP contribution in [-0.4, -0.2) is 24.5 Å². The average molecular weight is 339 g/mol. The molecule has 22 heavy (non-hydrogen) atoms. The van der Waals surface area contributed by atoms with E-state index in [1.165, 1.54) is 17.4 Å². The molecule has 1 heterocycles. The molecular formula is C15H15ClN2O3S. The lowest BCUT2D eigenvalue weighted by molar-refractivity contribution is 0.0936. The highest BCUT2D eigenvalue weighted by atomic mass is 35.5. The van der Waals surface area contributed by atoms with Crippen molar-refractivity contribution in [2.24, 2.45) is 5.73 Å². The van der Waals surface area contributed by atoms with Gasteiger partial charge in [-0.05, 0) is 37.3 Å². The zero-order valence-electron chi connectivity index (χ0n) is 11.8. The van der Waals surface area contributed by atoms with E-state index < -0.39 is 5.91 Å². The Labute approximate surface area is 137 Å². The molecule has 1 aromatic carbocycles. The van der Waals surface area contributed by atoms with Gasteiger partial charge in [-0.15, -0.1) is 11.3 Å². The highest BCUT2D eigenvalue weighted by molar-refractivity contribution is 7.12. The van der Waals surface area contributed by atoms with Crippen molar-refractivity contribution in [3.05, 3.63) is 51.2 Å². The fourth-order valence-electron chi connectivity index (χ4n) is 1.70. The molecule has 0 aliphatic heterocycles. The molecule has 1 aromatic heterocycles. The van der Waals surface area contributed by atoms with Crippen LogP contribution in [0.3, 0.4) is 0 Å². The number of benzene rings is 1. The van der Waals surface area contributed by atoms with Gasteiger partial charge in [0.05, 0.1) is 17.0 Å². The second kappa shape index (κ2) is 7.29. The maximum Gasteiger partial charge on any atom is 0.261 e. The third-order valence-electron chi connectivity index (χ3n) is 2.81. The minimum absolute atomic E-state index is 0.208. The van der Waals surface area contributed by atoms with Gasteiger partial charge in [0.2, 0.25) is 5.91 Å². The van der Waals surface area contributed by atoms with Gasteiger partial charge in [-0.2, -0.15) is 0 Å². The Morgan fingerprint density at radius 1 is 1.36 bits per heavy atom. The summed E-state index contributed by atoms with van der Waals surface area (Å²) in [7, 11) is 0. The van der Waals surface area contributed by atoms with Gasteiger partial charge in [-0.1, -0.05) is 11.6 Å². The first-order chi connectivity index (χ1) is 10.5. The number of halogens is 1. The number of hydrogen-bond donors (Lipinski definition) is 2. The lowest BCUT2D eigenvalue weighted by Gasteiger charge is -2.15. The van der Waals surface area contributed by atoms with E-state index in [2.05, 4.69) is 5.32 Å². The number of ether oxygens (including phenoxy) is 1. The average Bonchev–Trinajstić information content (AvgIpc) is 2.97. The fourth-order valence-corrected chi connectivity index (χ4v) is 2.63. The van der Waals surface area contributed by atoms with E-state index >= 15 is 0 Å². The van der Waals surface area contributed by atoms with E-state index in [-0.39, 0.29) is 12.0 Å². The molecule has 2 amide bonds. The summed E-state index contributed by atoms with van der Waals surface area (Å²) in [6.07, 6.45) is -0.208. The molecule has 5 nitrogen and oxygen atoms in total. The van der Waals surface area contributed by atoms with E-state index in [0.717, 1.165) is 0 Å². The minimum atomic E-state index is -0.547. The number of thiophene rings is 1. The fraction of sp³-hybridized carbons (Fsp3) is 0.200. The maximum absolute atomic E-state index is 12.0. The van der Waals surface area contributed by atoms with E-state index in [1.807, 2.05) is 6.92 Å². The van der Waals surface area contributed by atoms with Crippen LogP contribution < -0.4 is 15.8 Å². The topological polar surface area (TPSA) is 81.4 Å². The van der Waals surface area contributed by atoms with Gasteiger partial charge in [-0.3, -0.25) is 9.59 Å². The van der Waals surface area contributed by atoms with Crippen molar-refractivity contribution in [1.82, 2.24) is 5.32 Å². The van der Waals surface area contributed by atoms with Gasteiger partial charge in [0.15, 0.2) is 0 Å². The predicted molar refractivity (Wildman–Crippen MR) is 86.7 cm³/mol. The SMILES string of the molecule is C[C@@H](CNC(=O)c1cc(C(N)=O)cs1)Oc1ccc(Cl)cc1. The predicted octanol–water partition coefficient (Wildman–Crippen LogP) is 2.70. The molecule has 7 heteroatoms. The first-order valence-corrected chi connectivity index (χ1v) is 7.80. The van der Waals surface area contributed by atoms with Crippen molar-refractivity contribution >= 4 is 34.8 Å². The second-order valence-corrected chi connectivity index (χ2v) is 6.00. The normalized spacial score (nSPS) is 11.7. The smallest absolute Gasteiger partial charge is 0.261 e. The highest BCUT2D eigenvalue weighted by Crippen LogP contribution is 2.17. The summed E-state index contributed by atoms with van der Waals surface area (Å²) in [5, 5.41) is 4.95. The highest BCUT2D eigenvalue weighted by Gasteiger charge is 2.13. The number of carbonyl (C=O) groups excluding carboxylic acids is 2. The Balaban J connectivity index is 1.84. The monoisotopic (exact) mass is 338 g/mol. The first-order valence-electron chi connectivity index (χ1n) is 6.54. The number of nitrogens with two attached hydrogens (primary N) is 1. The lowest BCUT2D eigenvalue weighted by atomic mass is 10.3. The lowest BCUT2D eigenvalue weighted by Crippen LogP contribution is -2.33. The molecule has 116 valence electrons. The summed E-state index contributed by atoms with van der Waals surface area (Å²) in [4.78, 5) is 23.4. The largest absolute Gasteiger partial charge is 0.489 e. The first kappa shape index (κ1) is 16.3. The van der Waals surface area contributed by atoms with Crippen molar-refractivity contribution in [2.75, 3.05) is 6.54 Å². The van der Waals surface area contributed by atoms with Gasteiger partial charge in [-0.25, -0.2) is 0 Å². The molecule has 0 aliphatic rings. The van der Waals surface area contributed by atoms with Gasteiger partial charge < -0.3 is 15.8 Å². The van der Waals surface area contributed by atoms with Crippen molar-refractivity contribution < 1.29 is 14.3 Å². The van der Waals surface area contributed by atoms with Crippen LogP contribution in [0.1, 0.15) is 27.0 Å². The molecule has 0 unspecified atom stereocenters. The van der Waals surface area contributed by atoms with Crippen molar-refractivity contribution in [1.29, 1.82) is 0 Å². The number of primary amides is 1. The van der Waals surface area contributed by atoms with Crippen LogP contribution in [0, 0.1) is 0 Å². The Morgan fingerprint density at radius 2 is 2.05 bits per heavy atom. The molecule has 1 atom stereocenters. The van der Waals surface area contributed by atoms with Gasteiger partial charge in [0.1, 0.15) is 11.9 Å². The van der Waals surface area contributed by atoms with Crippen LogP contribution in [0.25, 0.3) is 0 Å². The van der Waals surface area contributed by atoms with E-state index in [1.54, 1.807) is 29.6 Å². The van der Waals surface area contributed by atoms with E-state index in [4.69, 9.17) is 22.1 Å². The summed E-state index contributed by atoms with van der Waals surface area (Å²) in [5.41, 5.74) is 5.49. The number of carbonyl (C=O) groups is 2. The molecule has 3 N–H and O–H groups in total. The van der Waals surface area contributed by atoms with Crippen molar-refractivity contribution in [3.63, 3.8) is 0 Å². The molecule has 0 fully saturated rings. The summed E-state index contributed by atoms with van der Waals surface area (Å²) < 4.78 is 5.65. The van der Waals surface area contributed by atoms with Crippen molar-refractivity contribution in [2.45, 2.75) is 13.0 Å². The molecular weight excluding hydrogens is 324 g/mol. The van der Waals surface area contributed by atoms with Crippen LogP contribution in [0.5, 0.6) is 5.75 Å². The van der Waals surface area contributed by atoms with Crippen LogP contribution in [0.15, 0.2) is 35.7 Å². The zero-order chi connectivity index (χ0) is 16.1. The summed E-state index contributed by atoms with van der Waals surface area (Å²) in [6, 6.07) is 8.48. The molecule has 0 spiro atoms. The standard InChI is InChI=1S/C15H15ClN2O3S/c1-9(21-12-4-2-11(16)3-5-12)7-18-15(20)13-6-10(8-22-13)14(17)19/h2-6,8-9H,7H2,1H3,(H2,17,19)(H,18,20)/t9-/m0/s1. The van der Waals surface area contributed by atoms with Gasteiger partial charge >= 0.3 is 0 Å². The number of amides is 2. The molecule has 0 radical (unpaired) electrons. The molecule has 2 aromatic rings. The maximum atomic E-state index is 12.0. The molecule has 0 bridgehead atoms. The number of nitrogens with one attached hydrogen (secondary N) is 1. The molecule has 0 saturated heterocycles. The van der Waals surface area contributed by atoms with Crippen LogP contribution in [0.4, 0.5) is 0 Å². The van der Waals surface area contributed by atoms with E-state index in [0.29, 0.717) is 27.8 Å².